The van der Waals surface area contributed by atoms with Crippen LogP contribution < -0.4 is 10.6 Å². The maximum atomic E-state index is 12.0. The van der Waals surface area contributed by atoms with Gasteiger partial charge in [0, 0.05) is 25.3 Å². The smallest absolute Gasteiger partial charge is 0.407 e. The molecule has 2 rings (SSSR count). The van der Waals surface area contributed by atoms with Crippen molar-refractivity contribution < 1.29 is 19.1 Å². The Morgan fingerprint density at radius 3 is 2.46 bits per heavy atom. The zero-order valence-electron chi connectivity index (χ0n) is 14.6. The summed E-state index contributed by atoms with van der Waals surface area (Å²) in [4.78, 5) is 36.6. The Hall–Kier alpha value is -2.57. The minimum absolute atomic E-state index is 0.0829. The van der Waals surface area contributed by atoms with Gasteiger partial charge in [0.25, 0.3) is 11.8 Å². The summed E-state index contributed by atoms with van der Waals surface area (Å²) < 4.78 is 5.17. The van der Waals surface area contributed by atoms with Crippen LogP contribution in [0.1, 0.15) is 48.4 Å². The second-order valence-corrected chi connectivity index (χ2v) is 6.86. The molecule has 0 bridgehead atoms. The molecule has 7 nitrogen and oxygen atoms in total. The number of carbonyl (C=O) groups is 3. The van der Waals surface area contributed by atoms with Crippen LogP contribution in [0, 0.1) is 0 Å². The Balaban J connectivity index is 1.94. The molecule has 0 fully saturated rings. The summed E-state index contributed by atoms with van der Waals surface area (Å²) in [5.41, 5.74) is 0.968. The lowest BCUT2D eigenvalue weighted by molar-refractivity contribution is 0.0525. The monoisotopic (exact) mass is 333 g/mol. The molecule has 1 heterocycles. The molecule has 0 spiro atoms. The van der Waals surface area contributed by atoms with Crippen LogP contribution in [0.4, 0.5) is 10.5 Å². The van der Waals surface area contributed by atoms with Crippen LogP contribution in [0.25, 0.3) is 0 Å². The number of ether oxygens (including phenoxy) is 1. The number of alkyl carbamates (subject to hydrolysis) is 1. The maximum absolute atomic E-state index is 12.0. The summed E-state index contributed by atoms with van der Waals surface area (Å²) in [6.45, 7) is 7.65. The molecule has 0 aliphatic carbocycles. The van der Waals surface area contributed by atoms with Crippen molar-refractivity contribution in [2.75, 3.05) is 18.9 Å². The third-order valence-electron chi connectivity index (χ3n) is 3.45. The molecule has 130 valence electrons. The van der Waals surface area contributed by atoms with Crippen LogP contribution in [0.5, 0.6) is 0 Å². The largest absolute Gasteiger partial charge is 0.444 e. The van der Waals surface area contributed by atoms with E-state index < -0.39 is 11.7 Å². The summed E-state index contributed by atoms with van der Waals surface area (Å²) >= 11 is 0. The van der Waals surface area contributed by atoms with Gasteiger partial charge < -0.3 is 15.4 Å². The van der Waals surface area contributed by atoms with Crippen molar-refractivity contribution in [2.24, 2.45) is 0 Å². The molecule has 24 heavy (non-hydrogen) atoms. The maximum Gasteiger partial charge on any atom is 0.407 e. The second kappa shape index (κ2) is 6.51. The van der Waals surface area contributed by atoms with E-state index in [0.717, 1.165) is 4.90 Å². The number of rotatable bonds is 4. The van der Waals surface area contributed by atoms with Gasteiger partial charge in [0.2, 0.25) is 0 Å². The van der Waals surface area contributed by atoms with Gasteiger partial charge in [-0.3, -0.25) is 14.5 Å². The molecule has 1 aromatic carbocycles. The van der Waals surface area contributed by atoms with Gasteiger partial charge in [-0.25, -0.2) is 4.79 Å². The van der Waals surface area contributed by atoms with E-state index in [9.17, 15) is 14.4 Å². The SMILES string of the molecule is CC(CNC(=O)OC(C)(C)C)Nc1ccc2c(c1)C(=O)N(C)C2=O. The predicted octanol–water partition coefficient (Wildman–Crippen LogP) is 2.24. The first-order valence-corrected chi connectivity index (χ1v) is 7.78. The molecule has 1 unspecified atom stereocenters. The Labute approximate surface area is 141 Å². The number of imide groups is 1. The standard InChI is InChI=1S/C17H23N3O4/c1-10(9-18-16(23)24-17(2,3)4)19-11-6-7-12-13(8-11)15(22)20(5)14(12)21/h6-8,10,19H,9H2,1-5H3,(H,18,23). The van der Waals surface area contributed by atoms with Gasteiger partial charge in [0.15, 0.2) is 0 Å². The van der Waals surface area contributed by atoms with Crippen molar-refractivity contribution in [3.05, 3.63) is 29.3 Å². The molecule has 0 saturated heterocycles. The van der Waals surface area contributed by atoms with Gasteiger partial charge in [0.1, 0.15) is 5.60 Å². The number of hydrogen-bond acceptors (Lipinski definition) is 5. The molecule has 1 atom stereocenters. The molecular formula is C17H23N3O4. The summed E-state index contributed by atoms with van der Waals surface area (Å²) in [7, 11) is 1.46. The first-order chi connectivity index (χ1) is 11.1. The van der Waals surface area contributed by atoms with Crippen LogP contribution in [-0.2, 0) is 4.74 Å². The molecule has 7 heteroatoms. The van der Waals surface area contributed by atoms with E-state index in [-0.39, 0.29) is 17.9 Å². The van der Waals surface area contributed by atoms with Crippen LogP contribution in [0.15, 0.2) is 18.2 Å². The lowest BCUT2D eigenvalue weighted by Gasteiger charge is -2.21. The quantitative estimate of drug-likeness (QED) is 0.825. The molecule has 1 aliphatic heterocycles. The van der Waals surface area contributed by atoms with E-state index in [1.807, 2.05) is 6.92 Å². The highest BCUT2D eigenvalue weighted by atomic mass is 16.6. The minimum Gasteiger partial charge on any atom is -0.444 e. The van der Waals surface area contributed by atoms with Crippen molar-refractivity contribution >= 4 is 23.6 Å². The first-order valence-electron chi connectivity index (χ1n) is 7.78. The fraction of sp³-hybridized carbons (Fsp3) is 0.471. The number of amides is 3. The highest BCUT2D eigenvalue weighted by Gasteiger charge is 2.32. The molecular weight excluding hydrogens is 310 g/mol. The average Bonchev–Trinajstić information content (AvgIpc) is 2.68. The van der Waals surface area contributed by atoms with Gasteiger partial charge in [-0.1, -0.05) is 0 Å². The van der Waals surface area contributed by atoms with Crippen LogP contribution in [0.3, 0.4) is 0 Å². The number of nitrogens with one attached hydrogen (secondary N) is 2. The molecule has 0 saturated carbocycles. The number of benzene rings is 1. The number of anilines is 1. The fourth-order valence-electron chi connectivity index (χ4n) is 2.34. The Kier molecular flexibility index (Phi) is 4.82. The summed E-state index contributed by atoms with van der Waals surface area (Å²) in [6, 6.07) is 4.95. The third-order valence-corrected chi connectivity index (χ3v) is 3.45. The molecule has 0 radical (unpaired) electrons. The van der Waals surface area contributed by atoms with Crippen molar-refractivity contribution in [3.8, 4) is 0 Å². The fourth-order valence-corrected chi connectivity index (χ4v) is 2.34. The summed E-state index contributed by atoms with van der Waals surface area (Å²) in [5.74, 6) is -0.598. The Bertz CT molecular complexity index is 679. The van der Waals surface area contributed by atoms with Crippen LogP contribution in [0.2, 0.25) is 0 Å². The van der Waals surface area contributed by atoms with Crippen molar-refractivity contribution in [1.29, 1.82) is 0 Å². The van der Waals surface area contributed by atoms with E-state index >= 15 is 0 Å². The van der Waals surface area contributed by atoms with Gasteiger partial charge in [-0.15, -0.1) is 0 Å². The van der Waals surface area contributed by atoms with Gasteiger partial charge in [-0.05, 0) is 45.9 Å². The molecule has 1 aromatic rings. The predicted molar refractivity (Wildman–Crippen MR) is 90.2 cm³/mol. The van der Waals surface area contributed by atoms with Gasteiger partial charge in [-0.2, -0.15) is 0 Å². The minimum atomic E-state index is -0.542. The van der Waals surface area contributed by atoms with Crippen LogP contribution in [-0.4, -0.2) is 48.0 Å². The van der Waals surface area contributed by atoms with E-state index in [1.165, 1.54) is 7.05 Å². The number of carbonyl (C=O) groups excluding carboxylic acids is 3. The van der Waals surface area contributed by atoms with Gasteiger partial charge in [0.05, 0.1) is 11.1 Å². The number of fused-ring (bicyclic) bond motifs is 1. The average molecular weight is 333 g/mol. The van der Waals surface area contributed by atoms with Crippen LogP contribution >= 0.6 is 0 Å². The number of nitrogens with zero attached hydrogens (tertiary/aromatic N) is 1. The summed E-state index contributed by atoms with van der Waals surface area (Å²) in [6.07, 6.45) is -0.479. The highest BCUT2D eigenvalue weighted by Crippen LogP contribution is 2.25. The van der Waals surface area contributed by atoms with E-state index in [4.69, 9.17) is 4.74 Å². The first kappa shape index (κ1) is 17.8. The third kappa shape index (κ3) is 4.04. The van der Waals surface area contributed by atoms with E-state index in [0.29, 0.717) is 23.4 Å². The number of hydrogen-bond donors (Lipinski definition) is 2. The van der Waals surface area contributed by atoms with Crippen molar-refractivity contribution in [1.82, 2.24) is 10.2 Å². The molecule has 3 amide bonds. The lowest BCUT2D eigenvalue weighted by atomic mass is 10.1. The Morgan fingerprint density at radius 1 is 1.21 bits per heavy atom. The second-order valence-electron chi connectivity index (χ2n) is 6.86. The molecule has 0 aromatic heterocycles. The van der Waals surface area contributed by atoms with E-state index in [1.54, 1.807) is 39.0 Å². The Morgan fingerprint density at radius 2 is 1.83 bits per heavy atom. The molecule has 2 N–H and O–H groups in total. The topological polar surface area (TPSA) is 87.7 Å². The zero-order chi connectivity index (χ0) is 18.1. The summed E-state index contributed by atoms with van der Waals surface area (Å²) in [5, 5.41) is 5.87. The lowest BCUT2D eigenvalue weighted by Crippen LogP contribution is -2.38. The van der Waals surface area contributed by atoms with E-state index in [2.05, 4.69) is 10.6 Å². The van der Waals surface area contributed by atoms with Gasteiger partial charge >= 0.3 is 6.09 Å². The van der Waals surface area contributed by atoms with Crippen molar-refractivity contribution in [2.45, 2.75) is 39.3 Å². The normalized spacial score (nSPS) is 15.1. The highest BCUT2D eigenvalue weighted by molar-refractivity contribution is 6.21. The molecule has 1 aliphatic rings. The van der Waals surface area contributed by atoms with Crippen molar-refractivity contribution in [3.63, 3.8) is 0 Å². The zero-order valence-corrected chi connectivity index (χ0v) is 14.6.